The molecule has 0 atom stereocenters. The molecule has 0 aromatic heterocycles. The number of carbonyl (C=O) groups is 1. The average molecular weight is 428 g/mol. The van der Waals surface area contributed by atoms with Gasteiger partial charge in [0.15, 0.2) is 0 Å². The molecule has 1 N–H and O–H groups in total. The van der Waals surface area contributed by atoms with E-state index in [0.29, 0.717) is 18.7 Å². The lowest BCUT2D eigenvalue weighted by molar-refractivity contribution is 0.0650. The van der Waals surface area contributed by atoms with Gasteiger partial charge >= 0.3 is 0 Å². The fourth-order valence-corrected chi connectivity index (χ4v) is 4.62. The van der Waals surface area contributed by atoms with Crippen LogP contribution in [0.5, 0.6) is 0 Å². The van der Waals surface area contributed by atoms with Gasteiger partial charge in [-0.15, -0.1) is 0 Å². The highest BCUT2D eigenvalue weighted by molar-refractivity contribution is 7.89. The fourth-order valence-electron chi connectivity index (χ4n) is 3.37. The van der Waals surface area contributed by atoms with Crippen molar-refractivity contribution in [2.24, 2.45) is 0 Å². The molecular weight excluding hydrogens is 398 g/mol. The van der Waals surface area contributed by atoms with Gasteiger partial charge in [0.2, 0.25) is 10.0 Å². The molecule has 0 spiro atoms. The van der Waals surface area contributed by atoms with Gasteiger partial charge in [0.1, 0.15) is 0 Å². The smallest absolute Gasteiger partial charge is 0.253 e. The van der Waals surface area contributed by atoms with Gasteiger partial charge in [0.25, 0.3) is 5.91 Å². The van der Waals surface area contributed by atoms with E-state index < -0.39 is 10.0 Å². The summed E-state index contributed by atoms with van der Waals surface area (Å²) >= 11 is 0. The van der Waals surface area contributed by atoms with Crippen molar-refractivity contribution < 1.29 is 13.2 Å². The number of carbonyl (C=O) groups excluding carboxylic acids is 1. The van der Waals surface area contributed by atoms with Crippen molar-refractivity contribution in [1.29, 1.82) is 0 Å². The van der Waals surface area contributed by atoms with Crippen molar-refractivity contribution in [2.45, 2.75) is 24.8 Å². The van der Waals surface area contributed by atoms with Crippen LogP contribution in [0.15, 0.2) is 65.6 Å². The number of sulfonamides is 1. The monoisotopic (exact) mass is 427 g/mol. The molecule has 2 aromatic carbocycles. The third kappa shape index (κ3) is 6.01. The standard InChI is InChI=1S/C23H29N3O3S/c1-19(2)24-30(28,29)22-12-10-21(11-13-22)23(27)26-17-15-25(16-18-26)14-6-9-20-7-4-3-5-8-20/h3-13,19,24H,14-18H2,1-2H3/b9-6+. The Morgan fingerprint density at radius 1 is 1.00 bits per heavy atom. The van der Waals surface area contributed by atoms with Gasteiger partial charge in [-0.1, -0.05) is 42.5 Å². The minimum absolute atomic E-state index is 0.0600. The second-order valence-corrected chi connectivity index (χ2v) is 9.42. The van der Waals surface area contributed by atoms with E-state index in [9.17, 15) is 13.2 Å². The Balaban J connectivity index is 1.52. The molecule has 0 radical (unpaired) electrons. The lowest BCUT2D eigenvalue weighted by Gasteiger charge is -2.34. The van der Waals surface area contributed by atoms with Crippen molar-refractivity contribution in [3.63, 3.8) is 0 Å². The van der Waals surface area contributed by atoms with Gasteiger partial charge in [-0.05, 0) is 43.7 Å². The van der Waals surface area contributed by atoms with Crippen LogP contribution >= 0.6 is 0 Å². The molecule has 2 aromatic rings. The van der Waals surface area contributed by atoms with Crippen molar-refractivity contribution in [3.8, 4) is 0 Å². The van der Waals surface area contributed by atoms with Gasteiger partial charge in [0.05, 0.1) is 4.90 Å². The molecule has 1 aliphatic heterocycles. The van der Waals surface area contributed by atoms with E-state index in [2.05, 4.69) is 33.9 Å². The third-order valence-corrected chi connectivity index (χ3v) is 6.61. The molecule has 0 aliphatic carbocycles. The van der Waals surface area contributed by atoms with Crippen LogP contribution in [0, 0.1) is 0 Å². The van der Waals surface area contributed by atoms with Gasteiger partial charge in [0, 0.05) is 44.3 Å². The summed E-state index contributed by atoms with van der Waals surface area (Å²) in [5.41, 5.74) is 1.69. The number of nitrogens with zero attached hydrogens (tertiary/aromatic N) is 2. The summed E-state index contributed by atoms with van der Waals surface area (Å²) in [5.74, 6) is -0.0600. The number of hydrogen-bond acceptors (Lipinski definition) is 4. The lowest BCUT2D eigenvalue weighted by Crippen LogP contribution is -2.48. The van der Waals surface area contributed by atoms with Crippen LogP contribution in [0.4, 0.5) is 0 Å². The fraction of sp³-hybridized carbons (Fsp3) is 0.348. The normalized spacial score (nSPS) is 15.8. The van der Waals surface area contributed by atoms with E-state index in [0.717, 1.165) is 19.6 Å². The van der Waals surface area contributed by atoms with E-state index in [1.54, 1.807) is 26.0 Å². The Labute approximate surface area is 179 Å². The minimum atomic E-state index is -3.55. The third-order valence-electron chi connectivity index (χ3n) is 4.94. The second-order valence-electron chi connectivity index (χ2n) is 7.71. The van der Waals surface area contributed by atoms with E-state index in [1.807, 2.05) is 23.1 Å². The molecule has 1 aliphatic rings. The molecule has 1 fully saturated rings. The number of piperazine rings is 1. The average Bonchev–Trinajstić information content (AvgIpc) is 2.74. The maximum absolute atomic E-state index is 12.8. The molecule has 30 heavy (non-hydrogen) atoms. The minimum Gasteiger partial charge on any atom is -0.336 e. The summed E-state index contributed by atoms with van der Waals surface area (Å²) in [6.07, 6.45) is 4.26. The van der Waals surface area contributed by atoms with Crippen LogP contribution in [0.3, 0.4) is 0 Å². The largest absolute Gasteiger partial charge is 0.336 e. The summed E-state index contributed by atoms with van der Waals surface area (Å²) in [4.78, 5) is 17.1. The Bertz CT molecular complexity index is 963. The summed E-state index contributed by atoms with van der Waals surface area (Å²) < 4.78 is 27.0. The van der Waals surface area contributed by atoms with E-state index >= 15 is 0 Å². The second kappa shape index (κ2) is 10.0. The molecule has 1 amide bonds. The summed E-state index contributed by atoms with van der Waals surface area (Å²) in [6.45, 7) is 7.34. The van der Waals surface area contributed by atoms with Crippen LogP contribution in [-0.4, -0.2) is 62.9 Å². The predicted molar refractivity (Wildman–Crippen MR) is 120 cm³/mol. The highest BCUT2D eigenvalue weighted by Gasteiger charge is 2.22. The van der Waals surface area contributed by atoms with Gasteiger partial charge < -0.3 is 4.90 Å². The van der Waals surface area contributed by atoms with Crippen LogP contribution in [0.25, 0.3) is 6.08 Å². The molecule has 7 heteroatoms. The first kappa shape index (κ1) is 22.2. The Morgan fingerprint density at radius 2 is 1.63 bits per heavy atom. The molecular formula is C23H29N3O3S. The maximum Gasteiger partial charge on any atom is 0.253 e. The van der Waals surface area contributed by atoms with E-state index in [-0.39, 0.29) is 16.8 Å². The zero-order valence-corrected chi connectivity index (χ0v) is 18.3. The van der Waals surface area contributed by atoms with Gasteiger partial charge in [-0.2, -0.15) is 0 Å². The first-order valence-electron chi connectivity index (χ1n) is 10.2. The van der Waals surface area contributed by atoms with Gasteiger partial charge in [-0.25, -0.2) is 13.1 Å². The van der Waals surface area contributed by atoms with Crippen LogP contribution in [0.2, 0.25) is 0 Å². The molecule has 0 saturated carbocycles. The highest BCUT2D eigenvalue weighted by atomic mass is 32.2. The topological polar surface area (TPSA) is 69.7 Å². The van der Waals surface area contributed by atoms with E-state index in [4.69, 9.17) is 0 Å². The number of nitrogens with one attached hydrogen (secondary N) is 1. The summed E-state index contributed by atoms with van der Waals surface area (Å²) in [6, 6.07) is 16.2. The van der Waals surface area contributed by atoms with Crippen LogP contribution in [0.1, 0.15) is 29.8 Å². The van der Waals surface area contributed by atoms with Crippen molar-refractivity contribution in [1.82, 2.24) is 14.5 Å². The first-order valence-corrected chi connectivity index (χ1v) is 11.7. The molecule has 1 heterocycles. The molecule has 1 saturated heterocycles. The maximum atomic E-state index is 12.8. The SMILES string of the molecule is CC(C)NS(=O)(=O)c1ccc(C(=O)N2CCN(C/C=C/c3ccccc3)CC2)cc1. The molecule has 160 valence electrons. The molecule has 0 unspecified atom stereocenters. The zero-order chi connectivity index (χ0) is 21.6. The number of amides is 1. The number of hydrogen-bond donors (Lipinski definition) is 1. The first-order chi connectivity index (χ1) is 14.3. The molecule has 3 rings (SSSR count). The molecule has 0 bridgehead atoms. The molecule has 6 nitrogen and oxygen atoms in total. The van der Waals surface area contributed by atoms with Crippen LogP contribution in [-0.2, 0) is 10.0 Å². The number of rotatable bonds is 7. The van der Waals surface area contributed by atoms with E-state index in [1.165, 1.54) is 17.7 Å². The highest BCUT2D eigenvalue weighted by Crippen LogP contribution is 2.14. The Kier molecular flexibility index (Phi) is 7.42. The van der Waals surface area contributed by atoms with Crippen molar-refractivity contribution in [2.75, 3.05) is 32.7 Å². The number of benzene rings is 2. The Morgan fingerprint density at radius 3 is 2.23 bits per heavy atom. The van der Waals surface area contributed by atoms with Gasteiger partial charge in [-0.3, -0.25) is 9.69 Å². The Hall–Kier alpha value is -2.48. The predicted octanol–water partition coefficient (Wildman–Crippen LogP) is 2.84. The lowest BCUT2D eigenvalue weighted by atomic mass is 10.2. The quantitative estimate of drug-likeness (QED) is 0.738. The summed E-state index contributed by atoms with van der Waals surface area (Å²) in [7, 11) is -3.55. The van der Waals surface area contributed by atoms with Crippen LogP contribution < -0.4 is 4.72 Å². The zero-order valence-electron chi connectivity index (χ0n) is 17.5. The summed E-state index contributed by atoms with van der Waals surface area (Å²) in [5, 5.41) is 0. The van der Waals surface area contributed by atoms with Crippen molar-refractivity contribution >= 4 is 22.0 Å². The van der Waals surface area contributed by atoms with Crippen molar-refractivity contribution in [3.05, 3.63) is 71.8 Å².